The van der Waals surface area contributed by atoms with Crippen molar-refractivity contribution < 1.29 is 36.0 Å². The second-order valence-corrected chi connectivity index (χ2v) is 8.65. The van der Waals surface area contributed by atoms with E-state index in [1.54, 1.807) is 0 Å². The van der Waals surface area contributed by atoms with E-state index in [2.05, 4.69) is 18.0 Å². The Hall–Kier alpha value is -2.11. The van der Waals surface area contributed by atoms with Crippen molar-refractivity contribution in [3.63, 3.8) is 0 Å². The van der Waals surface area contributed by atoms with Gasteiger partial charge in [-0.1, -0.05) is 47.2 Å². The fourth-order valence-corrected chi connectivity index (χ4v) is 4.10. The Balaban J connectivity index is 1.91. The van der Waals surface area contributed by atoms with E-state index >= 15 is 0 Å². The zero-order valence-electron chi connectivity index (χ0n) is 16.6. The molecule has 1 unspecified atom stereocenters. The van der Waals surface area contributed by atoms with Crippen LogP contribution in [0.15, 0.2) is 41.6 Å². The molecular formula is C20H14Cl2F6N2O2S. The Morgan fingerprint density at radius 3 is 2.24 bits per heavy atom. The number of aryl methyl sites for hydroxylation is 1. The van der Waals surface area contributed by atoms with Crippen LogP contribution in [0.3, 0.4) is 0 Å². The summed E-state index contributed by atoms with van der Waals surface area (Å²) in [7, 11) is 0. The number of carbonyl (C=O) groups is 1. The minimum absolute atomic E-state index is 0.0212. The third kappa shape index (κ3) is 5.36. The van der Waals surface area contributed by atoms with Crippen molar-refractivity contribution in [3.05, 3.63) is 68.7 Å². The second-order valence-electron chi connectivity index (χ2n) is 7.30. The fourth-order valence-electron chi connectivity index (χ4n) is 3.31. The molecule has 13 heteroatoms. The van der Waals surface area contributed by atoms with Gasteiger partial charge in [-0.3, -0.25) is 9.10 Å². The third-order valence-corrected chi connectivity index (χ3v) is 5.63. The van der Waals surface area contributed by atoms with Gasteiger partial charge in [0.2, 0.25) is 0 Å². The van der Waals surface area contributed by atoms with Crippen LogP contribution in [-0.4, -0.2) is 34.8 Å². The highest BCUT2D eigenvalue weighted by molar-refractivity contribution is 7.78. The summed E-state index contributed by atoms with van der Waals surface area (Å²) in [5.74, 6) is -1.01. The minimum atomic E-state index is -4.89. The van der Waals surface area contributed by atoms with Crippen molar-refractivity contribution in [2.24, 2.45) is 5.16 Å². The zero-order chi connectivity index (χ0) is 24.8. The molecule has 0 radical (unpaired) electrons. The predicted molar refractivity (Wildman–Crippen MR) is 114 cm³/mol. The van der Waals surface area contributed by atoms with E-state index in [4.69, 9.17) is 28.0 Å². The third-order valence-electron chi connectivity index (χ3n) is 4.87. The topological polar surface area (TPSA) is 41.9 Å². The molecule has 0 aromatic heterocycles. The van der Waals surface area contributed by atoms with Crippen LogP contribution in [0.4, 0.5) is 26.3 Å². The number of oxime groups is 1. The van der Waals surface area contributed by atoms with Gasteiger partial charge in [0.15, 0.2) is 0 Å². The summed E-state index contributed by atoms with van der Waals surface area (Å²) in [5.41, 5.74) is -2.94. The maximum Gasteiger partial charge on any atom is 0.435 e. The van der Waals surface area contributed by atoms with E-state index in [-0.39, 0.29) is 42.3 Å². The summed E-state index contributed by atoms with van der Waals surface area (Å²) in [6, 6.07) is 7.23. The lowest BCUT2D eigenvalue weighted by atomic mass is 9.86. The zero-order valence-corrected chi connectivity index (χ0v) is 19.0. The van der Waals surface area contributed by atoms with Gasteiger partial charge in [-0.15, -0.1) is 0 Å². The van der Waals surface area contributed by atoms with Gasteiger partial charge in [0.05, 0.1) is 5.71 Å². The van der Waals surface area contributed by atoms with Gasteiger partial charge in [0, 0.05) is 27.6 Å². The predicted octanol–water partition coefficient (Wildman–Crippen LogP) is 6.73. The number of amides is 1. The molecule has 1 aliphatic heterocycles. The largest absolute Gasteiger partial charge is 0.435 e. The maximum atomic E-state index is 14.1. The van der Waals surface area contributed by atoms with E-state index in [9.17, 15) is 31.1 Å². The average molecular weight is 531 g/mol. The molecule has 0 aliphatic carbocycles. The number of carbonyl (C=O) groups excluding carboxylic acids is 1. The van der Waals surface area contributed by atoms with Gasteiger partial charge in [-0.25, -0.2) is 0 Å². The highest BCUT2D eigenvalue weighted by Gasteiger charge is 2.62. The van der Waals surface area contributed by atoms with Gasteiger partial charge in [0.25, 0.3) is 11.5 Å². The minimum Gasteiger partial charge on any atom is -0.374 e. The van der Waals surface area contributed by atoms with E-state index in [0.29, 0.717) is 0 Å². The van der Waals surface area contributed by atoms with Crippen LogP contribution < -0.4 is 0 Å². The lowest BCUT2D eigenvalue weighted by Crippen LogP contribution is -2.42. The highest BCUT2D eigenvalue weighted by Crippen LogP contribution is 2.49. The fraction of sp³-hybridized carbons (Fsp3) is 0.300. The summed E-state index contributed by atoms with van der Waals surface area (Å²) in [4.78, 5) is 17.2. The first-order chi connectivity index (χ1) is 15.1. The molecule has 2 aromatic carbocycles. The Morgan fingerprint density at radius 2 is 1.73 bits per heavy atom. The second kappa shape index (κ2) is 8.92. The molecular weight excluding hydrogens is 517 g/mol. The SMILES string of the molecule is Cc1cc(C2=NOC(c3cc(Cl)cc(Cl)c3)(C(F)(F)F)C2)ccc1C(=O)N(S)CC(F)(F)F. The maximum absolute atomic E-state index is 14.1. The van der Waals surface area contributed by atoms with Crippen LogP contribution in [0.25, 0.3) is 0 Å². The Morgan fingerprint density at radius 1 is 1.12 bits per heavy atom. The summed E-state index contributed by atoms with van der Waals surface area (Å²) in [6.07, 6.45) is -10.3. The number of alkyl halides is 6. The van der Waals surface area contributed by atoms with Crippen LogP contribution in [0.2, 0.25) is 10.0 Å². The molecule has 0 saturated carbocycles. The van der Waals surface area contributed by atoms with Crippen LogP contribution in [-0.2, 0) is 10.4 Å². The van der Waals surface area contributed by atoms with E-state index in [0.717, 1.165) is 12.1 Å². The van der Waals surface area contributed by atoms with Crippen molar-refractivity contribution in [1.82, 2.24) is 4.31 Å². The molecule has 0 bridgehead atoms. The lowest BCUT2D eigenvalue weighted by molar-refractivity contribution is -0.275. The van der Waals surface area contributed by atoms with Crippen molar-refractivity contribution in [1.29, 1.82) is 0 Å². The smallest absolute Gasteiger partial charge is 0.374 e. The Labute approximate surface area is 199 Å². The number of halogens is 8. The van der Waals surface area contributed by atoms with Crippen LogP contribution in [0.5, 0.6) is 0 Å². The normalized spacial score (nSPS) is 18.7. The van der Waals surface area contributed by atoms with Gasteiger partial charge in [-0.2, -0.15) is 26.3 Å². The van der Waals surface area contributed by atoms with Crippen LogP contribution in [0, 0.1) is 6.92 Å². The molecule has 4 nitrogen and oxygen atoms in total. The molecule has 0 spiro atoms. The summed E-state index contributed by atoms with van der Waals surface area (Å²) >= 11 is 15.3. The van der Waals surface area contributed by atoms with E-state index < -0.39 is 36.8 Å². The number of thiol groups is 1. The summed E-state index contributed by atoms with van der Waals surface area (Å²) < 4.78 is 80.1. The average Bonchev–Trinajstić information content (AvgIpc) is 3.12. The van der Waals surface area contributed by atoms with Crippen molar-refractivity contribution in [3.8, 4) is 0 Å². The number of rotatable bonds is 4. The van der Waals surface area contributed by atoms with Gasteiger partial charge in [-0.05, 0) is 48.4 Å². The molecule has 0 fully saturated rings. The lowest BCUT2D eigenvalue weighted by Gasteiger charge is -2.29. The van der Waals surface area contributed by atoms with Crippen molar-refractivity contribution in [2.45, 2.75) is 31.3 Å². The number of hydrogen-bond acceptors (Lipinski definition) is 4. The molecule has 1 aliphatic rings. The van der Waals surface area contributed by atoms with E-state index in [1.165, 1.54) is 31.2 Å². The van der Waals surface area contributed by atoms with Gasteiger partial charge >= 0.3 is 12.4 Å². The summed E-state index contributed by atoms with van der Waals surface area (Å²) in [5, 5.41) is 3.57. The molecule has 0 saturated heterocycles. The number of hydrogen-bond donors (Lipinski definition) is 1. The van der Waals surface area contributed by atoms with Gasteiger partial charge in [0.1, 0.15) is 6.54 Å². The number of benzene rings is 2. The summed E-state index contributed by atoms with van der Waals surface area (Å²) in [6.45, 7) is -0.150. The molecule has 0 N–H and O–H groups in total. The molecule has 33 heavy (non-hydrogen) atoms. The molecule has 178 valence electrons. The standard InChI is InChI=1S/C20H14Cl2F6N2O2S/c1-10-4-11(2-3-15(10)17(31)30(33)9-19(23,24)25)16-8-18(32-29-16,20(26,27)28)12-5-13(21)7-14(22)6-12/h2-7,33H,8-9H2,1H3. The first-order valence-corrected chi connectivity index (χ1v) is 10.3. The quantitative estimate of drug-likeness (QED) is 0.351. The Kier molecular flexibility index (Phi) is 6.89. The Bertz CT molecular complexity index is 1100. The van der Waals surface area contributed by atoms with Crippen molar-refractivity contribution in [2.75, 3.05) is 6.54 Å². The first kappa shape index (κ1) is 25.5. The van der Waals surface area contributed by atoms with Crippen molar-refractivity contribution >= 4 is 47.6 Å². The van der Waals surface area contributed by atoms with Crippen LogP contribution in [0.1, 0.15) is 33.5 Å². The first-order valence-electron chi connectivity index (χ1n) is 9.10. The molecule has 1 atom stereocenters. The highest BCUT2D eigenvalue weighted by atomic mass is 35.5. The molecule has 1 amide bonds. The molecule has 3 rings (SSSR count). The van der Waals surface area contributed by atoms with E-state index in [1.807, 2.05) is 0 Å². The van der Waals surface area contributed by atoms with Crippen LogP contribution >= 0.6 is 36.0 Å². The monoisotopic (exact) mass is 530 g/mol. The molecule has 1 heterocycles. The van der Waals surface area contributed by atoms with Gasteiger partial charge < -0.3 is 4.84 Å². The molecule has 2 aromatic rings. The number of nitrogens with zero attached hydrogens (tertiary/aromatic N) is 2.